The molecule has 1 unspecified atom stereocenters. The third-order valence-corrected chi connectivity index (χ3v) is 6.03. The van der Waals surface area contributed by atoms with Crippen LogP contribution in [-0.4, -0.2) is 44.3 Å². The molecule has 28 heavy (non-hydrogen) atoms. The van der Waals surface area contributed by atoms with Gasteiger partial charge in [-0.2, -0.15) is 11.8 Å². The number of carboxylic acid groups (broad SMARTS) is 1. The van der Waals surface area contributed by atoms with Gasteiger partial charge in [-0.1, -0.05) is 36.1 Å². The smallest absolute Gasteiger partial charge is 0.326 e. The molecule has 0 saturated carbocycles. The van der Waals surface area contributed by atoms with Crippen LogP contribution >= 0.6 is 35.7 Å². The number of hydrogen-bond acceptors (Lipinski definition) is 6. The molecule has 146 valence electrons. The molecule has 2 heterocycles. The molecule has 9 heteroatoms. The van der Waals surface area contributed by atoms with Crippen molar-refractivity contribution in [2.24, 2.45) is 0 Å². The van der Waals surface area contributed by atoms with Crippen molar-refractivity contribution in [1.29, 1.82) is 0 Å². The van der Waals surface area contributed by atoms with Crippen LogP contribution in [0.2, 0.25) is 0 Å². The predicted molar refractivity (Wildman–Crippen MR) is 114 cm³/mol. The van der Waals surface area contributed by atoms with Gasteiger partial charge in [0.05, 0.1) is 10.5 Å². The Morgan fingerprint density at radius 1 is 1.39 bits per heavy atom. The van der Waals surface area contributed by atoms with E-state index in [2.05, 4.69) is 0 Å². The van der Waals surface area contributed by atoms with Crippen molar-refractivity contribution in [3.63, 3.8) is 0 Å². The summed E-state index contributed by atoms with van der Waals surface area (Å²) in [6, 6.07) is 8.46. The summed E-state index contributed by atoms with van der Waals surface area (Å²) in [5.74, 6) is -0.679. The van der Waals surface area contributed by atoms with Gasteiger partial charge in [0.15, 0.2) is 0 Å². The fourth-order valence-corrected chi connectivity index (χ4v) is 4.50. The number of carboxylic acids is 1. The van der Waals surface area contributed by atoms with E-state index in [4.69, 9.17) is 16.6 Å². The molecule has 1 aromatic carbocycles. The van der Waals surface area contributed by atoms with Crippen LogP contribution < -0.4 is 0 Å². The lowest BCUT2D eigenvalue weighted by Crippen LogP contribution is -2.44. The number of benzene rings is 1. The number of furan rings is 1. The SMILES string of the molecule is CSCCC(C(=O)O)N1C(=O)/C(=C\c2ccc(-c3ccccc3F)o2)SC1=S. The largest absolute Gasteiger partial charge is 0.480 e. The van der Waals surface area contributed by atoms with Gasteiger partial charge in [-0.25, -0.2) is 9.18 Å². The Bertz CT molecular complexity index is 956. The average molecular weight is 438 g/mol. The van der Waals surface area contributed by atoms with Gasteiger partial charge in [-0.05, 0) is 42.7 Å². The molecule has 1 aliphatic heterocycles. The number of nitrogens with zero attached hydrogens (tertiary/aromatic N) is 1. The summed E-state index contributed by atoms with van der Waals surface area (Å²) in [5, 5.41) is 9.48. The summed E-state index contributed by atoms with van der Waals surface area (Å²) in [6.07, 6.45) is 3.67. The van der Waals surface area contributed by atoms with Gasteiger partial charge < -0.3 is 9.52 Å². The fraction of sp³-hybridized carbons (Fsp3) is 0.211. The van der Waals surface area contributed by atoms with E-state index in [1.807, 2.05) is 6.26 Å². The Balaban J connectivity index is 1.84. The summed E-state index contributed by atoms with van der Waals surface area (Å²) in [4.78, 5) is 25.7. The van der Waals surface area contributed by atoms with Crippen LogP contribution in [0.1, 0.15) is 12.2 Å². The van der Waals surface area contributed by atoms with Crippen molar-refractivity contribution < 1.29 is 23.5 Å². The van der Waals surface area contributed by atoms with Crippen LogP contribution in [0.15, 0.2) is 45.7 Å². The third kappa shape index (κ3) is 4.31. The van der Waals surface area contributed by atoms with Gasteiger partial charge in [0.25, 0.3) is 5.91 Å². The Morgan fingerprint density at radius 3 is 2.82 bits per heavy atom. The molecule has 1 N–H and O–H groups in total. The van der Waals surface area contributed by atoms with Crippen LogP contribution in [-0.2, 0) is 9.59 Å². The lowest BCUT2D eigenvalue weighted by atomic mass is 10.1. The first kappa shape index (κ1) is 20.6. The van der Waals surface area contributed by atoms with Crippen molar-refractivity contribution >= 4 is 58.0 Å². The molecule has 0 bridgehead atoms. The van der Waals surface area contributed by atoms with Crippen molar-refractivity contribution in [2.45, 2.75) is 12.5 Å². The summed E-state index contributed by atoms with van der Waals surface area (Å²) in [5.41, 5.74) is 0.317. The minimum atomic E-state index is -1.09. The number of carbonyl (C=O) groups is 2. The van der Waals surface area contributed by atoms with Crippen LogP contribution in [0.3, 0.4) is 0 Å². The van der Waals surface area contributed by atoms with Crippen molar-refractivity contribution in [2.75, 3.05) is 12.0 Å². The van der Waals surface area contributed by atoms with Gasteiger partial charge in [-0.15, -0.1) is 0 Å². The van der Waals surface area contributed by atoms with E-state index in [-0.39, 0.29) is 9.23 Å². The zero-order chi connectivity index (χ0) is 20.3. The first-order valence-electron chi connectivity index (χ1n) is 8.26. The first-order chi connectivity index (χ1) is 13.4. The van der Waals surface area contributed by atoms with Gasteiger partial charge in [0.1, 0.15) is 27.7 Å². The van der Waals surface area contributed by atoms with E-state index in [9.17, 15) is 19.1 Å². The summed E-state index contributed by atoms with van der Waals surface area (Å²) in [7, 11) is 0. The molecule has 0 radical (unpaired) electrons. The van der Waals surface area contributed by atoms with E-state index >= 15 is 0 Å². The number of carbonyl (C=O) groups excluding carboxylic acids is 1. The molecule has 1 atom stereocenters. The second-order valence-electron chi connectivity index (χ2n) is 5.87. The molecule has 0 spiro atoms. The Labute approximate surface area is 175 Å². The second kappa shape index (κ2) is 8.93. The van der Waals surface area contributed by atoms with Gasteiger partial charge in [0.2, 0.25) is 0 Å². The van der Waals surface area contributed by atoms with Gasteiger partial charge in [0, 0.05) is 6.08 Å². The molecule has 0 aliphatic carbocycles. The molecule has 2 aromatic rings. The quantitative estimate of drug-likeness (QED) is 0.505. The highest BCUT2D eigenvalue weighted by Gasteiger charge is 2.40. The molecular weight excluding hydrogens is 421 g/mol. The highest BCUT2D eigenvalue weighted by Crippen LogP contribution is 2.35. The number of rotatable bonds is 7. The zero-order valence-electron chi connectivity index (χ0n) is 14.8. The predicted octanol–water partition coefficient (Wildman–Crippen LogP) is 4.49. The molecule has 1 aliphatic rings. The summed E-state index contributed by atoms with van der Waals surface area (Å²) < 4.78 is 19.7. The van der Waals surface area contributed by atoms with E-state index in [0.717, 1.165) is 16.7 Å². The lowest BCUT2D eigenvalue weighted by Gasteiger charge is -2.22. The molecule has 3 rings (SSSR count). The van der Waals surface area contributed by atoms with Crippen molar-refractivity contribution in [1.82, 2.24) is 4.90 Å². The van der Waals surface area contributed by atoms with E-state index in [0.29, 0.717) is 29.3 Å². The monoisotopic (exact) mass is 437 g/mol. The maximum absolute atomic E-state index is 13.9. The highest BCUT2D eigenvalue weighted by atomic mass is 32.2. The average Bonchev–Trinajstić information content (AvgIpc) is 3.22. The van der Waals surface area contributed by atoms with Crippen molar-refractivity contribution in [3.8, 4) is 11.3 Å². The topological polar surface area (TPSA) is 70.8 Å². The zero-order valence-corrected chi connectivity index (χ0v) is 17.2. The first-order valence-corrected chi connectivity index (χ1v) is 10.9. The number of amides is 1. The summed E-state index contributed by atoms with van der Waals surface area (Å²) in [6.45, 7) is 0. The van der Waals surface area contributed by atoms with E-state index in [1.165, 1.54) is 23.9 Å². The van der Waals surface area contributed by atoms with Crippen molar-refractivity contribution in [3.05, 3.63) is 52.9 Å². The molecule has 1 fully saturated rings. The summed E-state index contributed by atoms with van der Waals surface area (Å²) >= 11 is 7.76. The molecule has 1 amide bonds. The number of hydrogen-bond donors (Lipinski definition) is 1. The Hall–Kier alpha value is -2.10. The third-order valence-electron chi connectivity index (χ3n) is 4.06. The standard InChI is InChI=1S/C19H16FNO4S3/c1-27-9-8-14(18(23)24)21-17(22)16(28-19(21)26)10-11-6-7-15(25-11)12-4-2-3-5-13(12)20/h2-7,10,14H,8-9H2,1H3,(H,23,24)/b16-10+. The fourth-order valence-electron chi connectivity index (χ4n) is 2.71. The molecule has 5 nitrogen and oxygen atoms in total. The Kier molecular flexibility index (Phi) is 6.58. The number of thiocarbonyl (C=S) groups is 1. The van der Waals surface area contributed by atoms with Crippen LogP contribution in [0.25, 0.3) is 17.4 Å². The number of aliphatic carboxylic acids is 1. The molecule has 1 aromatic heterocycles. The maximum atomic E-state index is 13.9. The minimum absolute atomic E-state index is 0.200. The normalized spacial score (nSPS) is 16.8. The van der Waals surface area contributed by atoms with Gasteiger partial charge >= 0.3 is 5.97 Å². The van der Waals surface area contributed by atoms with E-state index in [1.54, 1.807) is 30.3 Å². The Morgan fingerprint density at radius 2 is 2.14 bits per heavy atom. The second-order valence-corrected chi connectivity index (χ2v) is 8.53. The van der Waals surface area contributed by atoms with Crippen LogP contribution in [0.4, 0.5) is 4.39 Å². The lowest BCUT2D eigenvalue weighted by molar-refractivity contribution is -0.145. The van der Waals surface area contributed by atoms with Crippen LogP contribution in [0.5, 0.6) is 0 Å². The van der Waals surface area contributed by atoms with E-state index < -0.39 is 23.7 Å². The number of halogens is 1. The van der Waals surface area contributed by atoms with Crippen LogP contribution in [0, 0.1) is 5.82 Å². The van der Waals surface area contributed by atoms with Gasteiger partial charge in [-0.3, -0.25) is 9.69 Å². The minimum Gasteiger partial charge on any atom is -0.480 e. The number of thioether (sulfide) groups is 2. The maximum Gasteiger partial charge on any atom is 0.326 e. The highest BCUT2D eigenvalue weighted by molar-refractivity contribution is 8.26. The molecular formula is C19H16FNO4S3. The molecule has 1 saturated heterocycles.